The summed E-state index contributed by atoms with van der Waals surface area (Å²) in [6.07, 6.45) is 5.58. The van der Waals surface area contributed by atoms with Gasteiger partial charge in [-0.15, -0.1) is 0 Å². The molecule has 0 heterocycles. The molecule has 0 saturated carbocycles. The molecule has 10 heavy (non-hydrogen) atoms. The Morgan fingerprint density at radius 1 is 1.40 bits per heavy atom. The summed E-state index contributed by atoms with van der Waals surface area (Å²) in [5.74, 6) is -0.0359. The molecule has 1 amide bonds. The lowest BCUT2D eigenvalue weighted by atomic mass is 10.3. The predicted octanol–water partition coefficient (Wildman–Crippen LogP) is 1.60. The van der Waals surface area contributed by atoms with E-state index in [1.54, 1.807) is 0 Å². The maximum absolute atomic E-state index is 10.5. The highest BCUT2D eigenvalue weighted by molar-refractivity contribution is 5.75. The molecule has 56 valence electrons. The Morgan fingerprint density at radius 2 is 2.00 bits per heavy atom. The molecule has 2 heteroatoms. The molecule has 0 radical (unpaired) electrons. The third-order valence-corrected chi connectivity index (χ3v) is 0.978. The van der Waals surface area contributed by atoms with E-state index in [0.717, 1.165) is 5.70 Å². The van der Waals surface area contributed by atoms with Crippen LogP contribution < -0.4 is 5.32 Å². The van der Waals surface area contributed by atoms with Gasteiger partial charge in [-0.1, -0.05) is 12.2 Å². The number of allylic oxidation sites excluding steroid dienone is 3. The van der Waals surface area contributed by atoms with Crippen molar-refractivity contribution in [2.75, 3.05) is 0 Å². The first-order valence-corrected chi connectivity index (χ1v) is 3.27. The molecule has 0 aromatic rings. The first kappa shape index (κ1) is 8.95. The zero-order chi connectivity index (χ0) is 7.98. The standard InChI is InChI=1S/C8H13NO/c1-4-6-8(5-2)9-7(3)10/h4-6H,1-3H3,(H,9,10)/b6-4-,8-5+. The van der Waals surface area contributed by atoms with Gasteiger partial charge < -0.3 is 5.32 Å². The number of nitrogens with one attached hydrogen (secondary N) is 1. The second-order valence-corrected chi connectivity index (χ2v) is 1.93. The number of carbonyl (C=O) groups is 1. The second-order valence-electron chi connectivity index (χ2n) is 1.93. The van der Waals surface area contributed by atoms with Crippen molar-refractivity contribution in [1.29, 1.82) is 0 Å². The van der Waals surface area contributed by atoms with Crippen LogP contribution in [0.25, 0.3) is 0 Å². The molecule has 0 unspecified atom stereocenters. The van der Waals surface area contributed by atoms with Crippen LogP contribution in [0.3, 0.4) is 0 Å². The summed E-state index contributed by atoms with van der Waals surface area (Å²) in [5.41, 5.74) is 0.843. The monoisotopic (exact) mass is 139 g/mol. The average molecular weight is 139 g/mol. The number of carbonyl (C=O) groups excluding carboxylic acids is 1. The van der Waals surface area contributed by atoms with Gasteiger partial charge in [0.15, 0.2) is 0 Å². The van der Waals surface area contributed by atoms with Crippen LogP contribution in [0.4, 0.5) is 0 Å². The van der Waals surface area contributed by atoms with Gasteiger partial charge in [-0.3, -0.25) is 4.79 Å². The van der Waals surface area contributed by atoms with Crippen LogP contribution in [0.2, 0.25) is 0 Å². The molecule has 0 fully saturated rings. The summed E-state index contributed by atoms with van der Waals surface area (Å²) >= 11 is 0. The molecule has 0 saturated heterocycles. The fourth-order valence-electron chi connectivity index (χ4n) is 0.593. The van der Waals surface area contributed by atoms with E-state index < -0.39 is 0 Å². The third-order valence-electron chi connectivity index (χ3n) is 0.978. The quantitative estimate of drug-likeness (QED) is 0.578. The van der Waals surface area contributed by atoms with Crippen molar-refractivity contribution >= 4 is 5.91 Å². The molecule has 0 aliphatic carbocycles. The Hall–Kier alpha value is -1.05. The summed E-state index contributed by atoms with van der Waals surface area (Å²) in [6.45, 7) is 5.28. The Morgan fingerprint density at radius 3 is 2.30 bits per heavy atom. The van der Waals surface area contributed by atoms with E-state index in [1.807, 2.05) is 32.1 Å². The van der Waals surface area contributed by atoms with E-state index in [0.29, 0.717) is 0 Å². The van der Waals surface area contributed by atoms with Crippen LogP contribution in [-0.2, 0) is 4.79 Å². The van der Waals surface area contributed by atoms with E-state index in [1.165, 1.54) is 6.92 Å². The lowest BCUT2D eigenvalue weighted by molar-refractivity contribution is -0.118. The summed E-state index contributed by atoms with van der Waals surface area (Å²) in [4.78, 5) is 10.5. The van der Waals surface area contributed by atoms with Crippen LogP contribution >= 0.6 is 0 Å². The summed E-state index contributed by atoms with van der Waals surface area (Å²) in [6, 6.07) is 0. The van der Waals surface area contributed by atoms with E-state index in [9.17, 15) is 4.79 Å². The van der Waals surface area contributed by atoms with Crippen molar-refractivity contribution in [2.45, 2.75) is 20.8 Å². The van der Waals surface area contributed by atoms with Crippen molar-refractivity contribution in [3.8, 4) is 0 Å². The van der Waals surface area contributed by atoms with Crippen LogP contribution in [0, 0.1) is 0 Å². The Kier molecular flexibility index (Phi) is 4.29. The van der Waals surface area contributed by atoms with Crippen LogP contribution in [0.15, 0.2) is 23.9 Å². The van der Waals surface area contributed by atoms with Crippen molar-refractivity contribution in [2.24, 2.45) is 0 Å². The smallest absolute Gasteiger partial charge is 0.221 e. The fraction of sp³-hybridized carbons (Fsp3) is 0.375. The minimum atomic E-state index is -0.0359. The summed E-state index contributed by atoms with van der Waals surface area (Å²) < 4.78 is 0. The molecule has 0 rings (SSSR count). The molecular weight excluding hydrogens is 126 g/mol. The fourth-order valence-corrected chi connectivity index (χ4v) is 0.593. The van der Waals surface area contributed by atoms with Crippen molar-refractivity contribution in [3.63, 3.8) is 0 Å². The Balaban J connectivity index is 3.98. The van der Waals surface area contributed by atoms with Gasteiger partial charge in [-0.25, -0.2) is 0 Å². The molecule has 0 aromatic heterocycles. The lowest BCUT2D eigenvalue weighted by Gasteiger charge is -1.99. The van der Waals surface area contributed by atoms with Crippen LogP contribution in [-0.4, -0.2) is 5.91 Å². The minimum absolute atomic E-state index is 0.0359. The van der Waals surface area contributed by atoms with Crippen molar-refractivity contribution in [1.82, 2.24) is 5.32 Å². The zero-order valence-corrected chi connectivity index (χ0v) is 6.64. The van der Waals surface area contributed by atoms with Gasteiger partial charge in [-0.2, -0.15) is 0 Å². The Bertz CT molecular complexity index is 168. The average Bonchev–Trinajstić information content (AvgIpc) is 1.86. The number of hydrogen-bond acceptors (Lipinski definition) is 1. The highest BCUT2D eigenvalue weighted by atomic mass is 16.1. The van der Waals surface area contributed by atoms with E-state index in [4.69, 9.17) is 0 Å². The second kappa shape index (κ2) is 4.79. The highest BCUT2D eigenvalue weighted by Gasteiger charge is 1.90. The maximum Gasteiger partial charge on any atom is 0.221 e. The number of hydrogen-bond donors (Lipinski definition) is 1. The van der Waals surface area contributed by atoms with E-state index >= 15 is 0 Å². The molecule has 0 atom stereocenters. The number of amides is 1. The highest BCUT2D eigenvalue weighted by Crippen LogP contribution is 1.89. The van der Waals surface area contributed by atoms with Gasteiger partial charge in [0, 0.05) is 12.6 Å². The number of rotatable bonds is 2. The molecule has 0 aliphatic rings. The van der Waals surface area contributed by atoms with Crippen molar-refractivity contribution in [3.05, 3.63) is 23.9 Å². The maximum atomic E-state index is 10.5. The van der Waals surface area contributed by atoms with Crippen molar-refractivity contribution < 1.29 is 4.79 Å². The third kappa shape index (κ3) is 3.89. The topological polar surface area (TPSA) is 29.1 Å². The zero-order valence-electron chi connectivity index (χ0n) is 6.64. The van der Waals surface area contributed by atoms with Gasteiger partial charge in [-0.05, 0) is 19.9 Å². The van der Waals surface area contributed by atoms with Gasteiger partial charge >= 0.3 is 0 Å². The first-order chi connectivity index (χ1) is 4.70. The molecular formula is C8H13NO. The molecule has 1 N–H and O–H groups in total. The van der Waals surface area contributed by atoms with E-state index in [2.05, 4.69) is 5.32 Å². The first-order valence-electron chi connectivity index (χ1n) is 3.27. The van der Waals surface area contributed by atoms with Gasteiger partial charge in [0.05, 0.1) is 0 Å². The molecule has 0 bridgehead atoms. The Labute approximate surface area is 61.6 Å². The lowest BCUT2D eigenvalue weighted by Crippen LogP contribution is -2.17. The SMILES string of the molecule is C/C=C\C(=C/C)NC(C)=O. The van der Waals surface area contributed by atoms with Gasteiger partial charge in [0.2, 0.25) is 5.91 Å². The van der Waals surface area contributed by atoms with E-state index in [-0.39, 0.29) is 5.91 Å². The van der Waals surface area contributed by atoms with Crippen LogP contribution in [0.5, 0.6) is 0 Å². The van der Waals surface area contributed by atoms with Gasteiger partial charge in [0.1, 0.15) is 0 Å². The summed E-state index contributed by atoms with van der Waals surface area (Å²) in [7, 11) is 0. The molecule has 0 aromatic carbocycles. The predicted molar refractivity (Wildman–Crippen MR) is 42.4 cm³/mol. The molecule has 0 spiro atoms. The van der Waals surface area contributed by atoms with Crippen LogP contribution in [0.1, 0.15) is 20.8 Å². The normalized spacial score (nSPS) is 12.1. The molecule has 2 nitrogen and oxygen atoms in total. The molecule has 0 aliphatic heterocycles. The van der Waals surface area contributed by atoms with Gasteiger partial charge in [0.25, 0.3) is 0 Å². The minimum Gasteiger partial charge on any atom is -0.327 e. The largest absolute Gasteiger partial charge is 0.327 e. The summed E-state index contributed by atoms with van der Waals surface area (Å²) in [5, 5.41) is 2.67.